The summed E-state index contributed by atoms with van der Waals surface area (Å²) in [4.78, 5) is 29.8. The smallest absolute Gasteiger partial charge is 0.264 e. The molecule has 0 saturated heterocycles. The Morgan fingerprint density at radius 3 is 2.49 bits per heavy atom. The molecular weight excluding hydrogens is 486 g/mol. The van der Waals surface area contributed by atoms with Crippen molar-refractivity contribution < 1.29 is 23.8 Å². The molecule has 0 unspecified atom stereocenters. The third kappa shape index (κ3) is 5.55. The lowest BCUT2D eigenvalue weighted by Crippen LogP contribution is -2.42. The Kier molecular flexibility index (Phi) is 8.17. The summed E-state index contributed by atoms with van der Waals surface area (Å²) in [6, 6.07) is 12.8. The number of hydrogen-bond donors (Lipinski definition) is 0. The Bertz CT molecular complexity index is 1180. The van der Waals surface area contributed by atoms with Gasteiger partial charge in [-0.15, -0.1) is 22.7 Å². The summed E-state index contributed by atoms with van der Waals surface area (Å²) in [5, 5.41) is 10.0. The highest BCUT2D eigenvalue weighted by Crippen LogP contribution is 2.38. The largest absolute Gasteiger partial charge is 0.493 e. The Labute approximate surface area is 212 Å². The van der Waals surface area contributed by atoms with Gasteiger partial charge < -0.3 is 19.1 Å². The van der Waals surface area contributed by atoms with Crippen LogP contribution in [0.25, 0.3) is 0 Å². The van der Waals surface area contributed by atoms with Gasteiger partial charge in [-0.1, -0.05) is 18.2 Å². The van der Waals surface area contributed by atoms with E-state index in [2.05, 4.69) is 0 Å². The number of rotatable bonds is 10. The van der Waals surface area contributed by atoms with E-state index in [4.69, 9.17) is 19.3 Å². The van der Waals surface area contributed by atoms with Crippen molar-refractivity contribution in [3.63, 3.8) is 0 Å². The van der Waals surface area contributed by atoms with Gasteiger partial charge in [0.05, 0.1) is 42.3 Å². The van der Waals surface area contributed by atoms with E-state index in [0.29, 0.717) is 35.9 Å². The standard InChI is InChI=1S/C25H27N3O5S2/c1-31-11-10-27(25(30)23-7-5-13-35-23)16-24(29)28-19(15-18(26-28)22-6-4-12-34-22)17-8-9-20(32-2)21(14-17)33-3/h4-9,12-14,19H,10-11,15-16H2,1-3H3/t19-/m1/s1. The second-order valence-corrected chi connectivity index (χ2v) is 9.69. The van der Waals surface area contributed by atoms with Crippen LogP contribution >= 0.6 is 22.7 Å². The molecule has 2 aromatic heterocycles. The zero-order valence-electron chi connectivity index (χ0n) is 19.8. The molecule has 35 heavy (non-hydrogen) atoms. The summed E-state index contributed by atoms with van der Waals surface area (Å²) < 4.78 is 16.0. The average Bonchev–Trinajstić information content (AvgIpc) is 3.67. The van der Waals surface area contributed by atoms with Crippen LogP contribution in [-0.4, -0.2) is 68.5 Å². The number of amides is 2. The molecule has 1 aliphatic rings. The average molecular weight is 514 g/mol. The van der Waals surface area contributed by atoms with E-state index in [1.807, 2.05) is 47.2 Å². The van der Waals surface area contributed by atoms with E-state index in [1.165, 1.54) is 21.2 Å². The fraction of sp³-hybridized carbons (Fsp3) is 0.320. The molecule has 1 aliphatic heterocycles. The van der Waals surface area contributed by atoms with Gasteiger partial charge in [-0.05, 0) is 40.6 Å². The van der Waals surface area contributed by atoms with E-state index in [-0.39, 0.29) is 24.4 Å². The van der Waals surface area contributed by atoms with E-state index in [0.717, 1.165) is 16.2 Å². The molecule has 8 nitrogen and oxygen atoms in total. The lowest BCUT2D eigenvalue weighted by Gasteiger charge is -2.27. The summed E-state index contributed by atoms with van der Waals surface area (Å²) >= 11 is 2.93. The monoisotopic (exact) mass is 513 g/mol. The molecule has 0 N–H and O–H groups in total. The lowest BCUT2D eigenvalue weighted by molar-refractivity contribution is -0.133. The number of carbonyl (C=O) groups excluding carboxylic acids is 2. The normalized spacial score (nSPS) is 15.1. The Morgan fingerprint density at radius 1 is 1.06 bits per heavy atom. The van der Waals surface area contributed by atoms with Crippen molar-refractivity contribution in [2.45, 2.75) is 12.5 Å². The first-order valence-electron chi connectivity index (χ1n) is 11.0. The molecule has 3 aromatic rings. The highest BCUT2D eigenvalue weighted by atomic mass is 32.1. The van der Waals surface area contributed by atoms with Gasteiger partial charge in [0.25, 0.3) is 11.8 Å². The van der Waals surface area contributed by atoms with Crippen molar-refractivity contribution in [2.24, 2.45) is 5.10 Å². The zero-order chi connectivity index (χ0) is 24.8. The van der Waals surface area contributed by atoms with Crippen molar-refractivity contribution in [3.05, 3.63) is 68.5 Å². The first kappa shape index (κ1) is 24.9. The second kappa shape index (κ2) is 11.5. The molecule has 0 aliphatic carbocycles. The third-order valence-corrected chi connectivity index (χ3v) is 7.45. The Hall–Kier alpha value is -3.21. The summed E-state index contributed by atoms with van der Waals surface area (Å²) in [6.07, 6.45) is 0.554. The van der Waals surface area contributed by atoms with Crippen LogP contribution in [0.2, 0.25) is 0 Å². The minimum atomic E-state index is -0.333. The molecule has 0 bridgehead atoms. The predicted octanol–water partition coefficient (Wildman–Crippen LogP) is 4.29. The molecule has 2 amide bonds. The number of benzene rings is 1. The molecule has 4 rings (SSSR count). The topological polar surface area (TPSA) is 80.7 Å². The maximum Gasteiger partial charge on any atom is 0.264 e. The fourth-order valence-electron chi connectivity index (χ4n) is 3.90. The van der Waals surface area contributed by atoms with E-state index < -0.39 is 0 Å². The number of thiophene rings is 2. The highest BCUT2D eigenvalue weighted by molar-refractivity contribution is 7.12. The van der Waals surface area contributed by atoms with Crippen LogP contribution in [0.4, 0.5) is 0 Å². The summed E-state index contributed by atoms with van der Waals surface area (Å²) in [5.41, 5.74) is 1.71. The van der Waals surface area contributed by atoms with E-state index >= 15 is 0 Å². The minimum Gasteiger partial charge on any atom is -0.493 e. The quantitative estimate of drug-likeness (QED) is 0.404. The number of hydrogen-bond acceptors (Lipinski definition) is 8. The van der Waals surface area contributed by atoms with Crippen LogP contribution < -0.4 is 9.47 Å². The predicted molar refractivity (Wildman–Crippen MR) is 137 cm³/mol. The SMILES string of the molecule is COCCN(CC(=O)N1N=C(c2cccs2)C[C@@H]1c1ccc(OC)c(OC)c1)C(=O)c1cccs1. The van der Waals surface area contributed by atoms with Crippen LogP contribution in [0.15, 0.2) is 58.3 Å². The number of hydrazone groups is 1. The van der Waals surface area contributed by atoms with Crippen LogP contribution in [0.5, 0.6) is 11.5 Å². The third-order valence-electron chi connectivity index (χ3n) is 5.67. The van der Waals surface area contributed by atoms with Crippen LogP contribution in [0, 0.1) is 0 Å². The molecular formula is C25H27N3O5S2. The van der Waals surface area contributed by atoms with Crippen LogP contribution in [-0.2, 0) is 9.53 Å². The minimum absolute atomic E-state index is 0.106. The van der Waals surface area contributed by atoms with Crippen molar-refractivity contribution >= 4 is 40.2 Å². The Morgan fingerprint density at radius 2 is 1.83 bits per heavy atom. The maximum absolute atomic E-state index is 13.6. The van der Waals surface area contributed by atoms with Gasteiger partial charge in [0.1, 0.15) is 6.54 Å². The molecule has 1 atom stereocenters. The summed E-state index contributed by atoms with van der Waals surface area (Å²) in [5.74, 6) is 0.724. The molecule has 0 radical (unpaired) electrons. The van der Waals surface area contributed by atoms with Gasteiger partial charge in [-0.3, -0.25) is 9.59 Å². The number of carbonyl (C=O) groups is 2. The van der Waals surface area contributed by atoms with Gasteiger partial charge in [0.2, 0.25) is 0 Å². The molecule has 0 saturated carbocycles. The van der Waals surface area contributed by atoms with Crippen molar-refractivity contribution in [1.82, 2.24) is 9.91 Å². The lowest BCUT2D eigenvalue weighted by atomic mass is 10.0. The fourth-order valence-corrected chi connectivity index (χ4v) is 5.31. The maximum atomic E-state index is 13.6. The van der Waals surface area contributed by atoms with Gasteiger partial charge in [-0.2, -0.15) is 5.10 Å². The van der Waals surface area contributed by atoms with Gasteiger partial charge in [0, 0.05) is 20.1 Å². The van der Waals surface area contributed by atoms with Gasteiger partial charge >= 0.3 is 0 Å². The highest BCUT2D eigenvalue weighted by Gasteiger charge is 2.35. The van der Waals surface area contributed by atoms with Gasteiger partial charge in [-0.25, -0.2) is 5.01 Å². The first-order chi connectivity index (χ1) is 17.0. The summed E-state index contributed by atoms with van der Waals surface area (Å²) in [7, 11) is 4.73. The number of methoxy groups -OCH3 is 3. The molecule has 10 heteroatoms. The van der Waals surface area contributed by atoms with Crippen LogP contribution in [0.1, 0.15) is 32.6 Å². The van der Waals surface area contributed by atoms with Crippen molar-refractivity contribution in [1.29, 1.82) is 0 Å². The van der Waals surface area contributed by atoms with Crippen molar-refractivity contribution in [2.75, 3.05) is 41.0 Å². The zero-order valence-corrected chi connectivity index (χ0v) is 21.4. The second-order valence-electron chi connectivity index (χ2n) is 7.79. The molecule has 1 aromatic carbocycles. The van der Waals surface area contributed by atoms with E-state index in [9.17, 15) is 9.59 Å². The van der Waals surface area contributed by atoms with Crippen molar-refractivity contribution in [3.8, 4) is 11.5 Å². The van der Waals surface area contributed by atoms with E-state index in [1.54, 1.807) is 38.7 Å². The number of ether oxygens (including phenoxy) is 3. The molecule has 0 fully saturated rings. The summed E-state index contributed by atoms with van der Waals surface area (Å²) in [6.45, 7) is 0.521. The van der Waals surface area contributed by atoms with Crippen LogP contribution in [0.3, 0.4) is 0 Å². The number of nitrogens with zero attached hydrogens (tertiary/aromatic N) is 3. The van der Waals surface area contributed by atoms with Gasteiger partial charge in [0.15, 0.2) is 11.5 Å². The molecule has 184 valence electrons. The first-order valence-corrected chi connectivity index (χ1v) is 12.8. The Balaban J connectivity index is 1.63. The molecule has 3 heterocycles. The molecule has 0 spiro atoms.